The molecule has 0 N–H and O–H groups in total. The zero-order valence-electron chi connectivity index (χ0n) is 51.4. The molecule has 0 fully saturated rings. The quantitative estimate of drug-likeness (QED) is 0.0664. The summed E-state index contributed by atoms with van der Waals surface area (Å²) >= 11 is 0. The van der Waals surface area contributed by atoms with Crippen molar-refractivity contribution in [1.29, 1.82) is 21.0 Å². The molecule has 0 radical (unpaired) electrons. The van der Waals surface area contributed by atoms with Crippen molar-refractivity contribution >= 4 is 0 Å². The number of rotatable bonds is 20. The molecule has 0 aliphatic heterocycles. The first-order chi connectivity index (χ1) is 43.4. The number of hydrogen-bond acceptors (Lipinski definition) is 12. The third-order valence-corrected chi connectivity index (χ3v) is 18.7. The van der Waals surface area contributed by atoms with Crippen LogP contribution in [-0.2, 0) is 16.2 Å². The van der Waals surface area contributed by atoms with Gasteiger partial charge in [-0.3, -0.25) is 0 Å². The Morgan fingerprint density at radius 2 is 0.697 bits per heavy atom. The summed E-state index contributed by atoms with van der Waals surface area (Å²) in [6.07, 6.45) is 31.2. The summed E-state index contributed by atoms with van der Waals surface area (Å²) in [5.41, 5.74) is 3.42. The molecule has 0 aromatic heterocycles. The Balaban J connectivity index is 0.984. The Bertz CT molecular complexity index is 3950. The molecule has 6 aliphatic carbocycles. The highest BCUT2D eigenvalue weighted by molar-refractivity contribution is 5.69. The summed E-state index contributed by atoms with van der Waals surface area (Å²) in [4.78, 5) is 0. The van der Waals surface area contributed by atoms with Gasteiger partial charge in [0.1, 0.15) is 92.5 Å². The molecule has 0 saturated heterocycles. The summed E-state index contributed by atoms with van der Waals surface area (Å²) in [6, 6.07) is 39.4. The van der Waals surface area contributed by atoms with E-state index in [0.717, 1.165) is 99.3 Å². The first kappa shape index (κ1) is 59.9. The minimum Gasteiger partial charge on any atom is -0.492 e. The number of nitrogens with zero attached hydrogens (tertiary/aromatic N) is 4. The maximum atomic E-state index is 10.9. The molecule has 6 aliphatic rings. The molecule has 89 heavy (non-hydrogen) atoms. The number of fused-ring (bicyclic) bond motifs is 4. The van der Waals surface area contributed by atoms with Crippen LogP contribution in [0.2, 0.25) is 0 Å². The van der Waals surface area contributed by atoms with Gasteiger partial charge in [-0.1, -0.05) is 101 Å². The van der Waals surface area contributed by atoms with Gasteiger partial charge in [0.15, 0.2) is 23.0 Å². The molecule has 0 amide bonds. The highest BCUT2D eigenvalue weighted by atomic mass is 16.5. The summed E-state index contributed by atoms with van der Waals surface area (Å²) in [7, 11) is 0. The fraction of sp³-hybridized carbons (Fsp3) is 0.377. The first-order valence-corrected chi connectivity index (χ1v) is 31.7. The molecule has 5 atom stereocenters. The van der Waals surface area contributed by atoms with Gasteiger partial charge < -0.3 is 37.9 Å². The van der Waals surface area contributed by atoms with E-state index in [-0.39, 0.29) is 45.8 Å². The van der Waals surface area contributed by atoms with Gasteiger partial charge in [-0.05, 0) is 202 Å². The van der Waals surface area contributed by atoms with Crippen molar-refractivity contribution in [3.63, 3.8) is 0 Å². The fourth-order valence-electron chi connectivity index (χ4n) is 14.3. The second kappa shape index (κ2) is 26.1. The maximum absolute atomic E-state index is 10.9. The molecule has 6 aromatic carbocycles. The number of benzene rings is 6. The van der Waals surface area contributed by atoms with E-state index in [1.165, 1.54) is 0 Å². The second-order valence-corrected chi connectivity index (χ2v) is 26.0. The third kappa shape index (κ3) is 12.7. The molecule has 12 heteroatoms. The Morgan fingerprint density at radius 1 is 0.371 bits per heavy atom. The van der Waals surface area contributed by atoms with Crippen LogP contribution in [0.5, 0.6) is 69.0 Å². The van der Waals surface area contributed by atoms with E-state index in [1.54, 1.807) is 42.5 Å². The van der Waals surface area contributed by atoms with Crippen molar-refractivity contribution in [1.82, 2.24) is 0 Å². The minimum atomic E-state index is -0.683. The molecule has 1 spiro atoms. The zero-order valence-corrected chi connectivity index (χ0v) is 51.4. The second-order valence-electron chi connectivity index (χ2n) is 26.0. The van der Waals surface area contributed by atoms with Gasteiger partial charge in [-0.2, -0.15) is 21.0 Å². The first-order valence-electron chi connectivity index (χ1n) is 31.7. The Hall–Kier alpha value is -9.36. The fourth-order valence-corrected chi connectivity index (χ4v) is 14.3. The van der Waals surface area contributed by atoms with Crippen LogP contribution >= 0.6 is 0 Å². The Labute approximate surface area is 523 Å². The van der Waals surface area contributed by atoms with E-state index in [4.69, 9.17) is 37.9 Å². The topological polar surface area (TPSA) is 169 Å². The van der Waals surface area contributed by atoms with Gasteiger partial charge in [-0.25, -0.2) is 0 Å². The van der Waals surface area contributed by atoms with Crippen LogP contribution in [0, 0.1) is 69.0 Å². The predicted octanol–water partition coefficient (Wildman–Crippen LogP) is 18.9. The van der Waals surface area contributed by atoms with Crippen molar-refractivity contribution in [3.05, 3.63) is 190 Å². The van der Waals surface area contributed by atoms with Crippen molar-refractivity contribution in [2.24, 2.45) is 23.7 Å². The molecular formula is C77H76N4O8. The van der Waals surface area contributed by atoms with Crippen LogP contribution in [0.15, 0.2) is 146 Å². The summed E-state index contributed by atoms with van der Waals surface area (Å²) in [5, 5.41) is 43.6. The van der Waals surface area contributed by atoms with Gasteiger partial charge >= 0.3 is 0 Å². The molecule has 0 bridgehead atoms. The van der Waals surface area contributed by atoms with Crippen LogP contribution in [0.4, 0.5) is 0 Å². The molecule has 452 valence electrons. The standard InChI is InChI=1S/C77H76N4O8/c1-75(2)49-77(61-39-73(88-69-35-19-31-65(57(69)43-80)84-47-53-25-13-7-14-26-53)71(37-59(61)75)86-67-33-17-29-63(55(67)41-78)82-45-51-21-9-5-10-22-51)50-76(3,4)60-38-72(87-68-34-18-30-64(56(68)42-79)83-46-52-23-11-6-12-24-52)74(40-62(60)77)89-70-36-20-32-66(58(70)44-81)85-48-54-27-15-8-16-28-54/h7,9,11,13,15,17-21,23,27,29-40,51-54H,5-6,8,10,12,14,16,22,24-26,28,45-50H2,1-4H3. The normalized spacial score (nSPS) is 21.5. The SMILES string of the molecule is CC1(C)CC2(CC(C)(C)c3cc(Oc4cccc(OCC5C=CCCC5)c4C#N)c(Oc4cccc(OCC5CC=CCC5)c4C#N)cc32)c2cc(Oc3cccc(OCC4C=CCCC4)c3C#N)c(Oc3cccc(OCC4C=CCCC4)c3C#N)cc21. The van der Waals surface area contributed by atoms with E-state index in [0.29, 0.717) is 108 Å². The Kier molecular flexibility index (Phi) is 17.6. The smallest absolute Gasteiger partial charge is 0.170 e. The van der Waals surface area contributed by atoms with E-state index in [9.17, 15) is 21.0 Å². The molecule has 12 nitrogen and oxygen atoms in total. The summed E-state index contributed by atoms with van der Waals surface area (Å²) < 4.78 is 53.8. The largest absolute Gasteiger partial charge is 0.492 e. The van der Waals surface area contributed by atoms with Crippen molar-refractivity contribution in [3.8, 4) is 93.3 Å². The maximum Gasteiger partial charge on any atom is 0.170 e. The van der Waals surface area contributed by atoms with Gasteiger partial charge in [0.2, 0.25) is 0 Å². The molecule has 12 rings (SSSR count). The van der Waals surface area contributed by atoms with E-state index in [1.807, 2.05) is 42.5 Å². The lowest BCUT2D eigenvalue weighted by atomic mass is 9.72. The lowest BCUT2D eigenvalue weighted by Crippen LogP contribution is -2.27. The van der Waals surface area contributed by atoms with E-state index >= 15 is 0 Å². The molecular weight excluding hydrogens is 1110 g/mol. The van der Waals surface area contributed by atoms with Gasteiger partial charge in [0.05, 0.1) is 26.4 Å². The Morgan fingerprint density at radius 3 is 1.00 bits per heavy atom. The lowest BCUT2D eigenvalue weighted by Gasteiger charge is -2.31. The predicted molar refractivity (Wildman–Crippen MR) is 342 cm³/mol. The minimum absolute atomic E-state index is 0.229. The summed E-state index contributed by atoms with van der Waals surface area (Å²) in [5.74, 6) is 5.29. The molecule has 5 unspecified atom stereocenters. The highest BCUT2D eigenvalue weighted by Gasteiger charge is 2.57. The average Bonchev–Trinajstić information content (AvgIpc) is 2.50. The average molecular weight is 1190 g/mol. The molecule has 0 heterocycles. The molecule has 0 saturated carbocycles. The van der Waals surface area contributed by atoms with Gasteiger partial charge in [0.25, 0.3) is 0 Å². The summed E-state index contributed by atoms with van der Waals surface area (Å²) in [6.45, 7) is 10.7. The number of nitriles is 4. The van der Waals surface area contributed by atoms with Crippen LogP contribution in [0.25, 0.3) is 0 Å². The van der Waals surface area contributed by atoms with Crippen molar-refractivity contribution in [2.45, 2.75) is 134 Å². The van der Waals surface area contributed by atoms with Gasteiger partial charge in [-0.15, -0.1) is 0 Å². The highest BCUT2D eigenvalue weighted by Crippen LogP contribution is 2.66. The van der Waals surface area contributed by atoms with E-state index in [2.05, 4.69) is 113 Å². The third-order valence-electron chi connectivity index (χ3n) is 18.7. The van der Waals surface area contributed by atoms with Crippen LogP contribution in [0.3, 0.4) is 0 Å². The number of ether oxygens (including phenoxy) is 8. The zero-order chi connectivity index (χ0) is 61.5. The van der Waals surface area contributed by atoms with Crippen molar-refractivity contribution in [2.75, 3.05) is 26.4 Å². The monoisotopic (exact) mass is 1180 g/mol. The van der Waals surface area contributed by atoms with Crippen molar-refractivity contribution < 1.29 is 37.9 Å². The lowest BCUT2D eigenvalue weighted by molar-refractivity contribution is 0.237. The molecule has 6 aromatic rings. The van der Waals surface area contributed by atoms with Gasteiger partial charge in [0, 0.05) is 23.2 Å². The van der Waals surface area contributed by atoms with Crippen LogP contribution in [-0.4, -0.2) is 26.4 Å². The number of allylic oxidation sites excluding steroid dienone is 5. The van der Waals surface area contributed by atoms with Crippen LogP contribution in [0.1, 0.15) is 162 Å². The number of hydrogen-bond donors (Lipinski definition) is 0. The van der Waals surface area contributed by atoms with Crippen LogP contribution < -0.4 is 37.9 Å². The van der Waals surface area contributed by atoms with E-state index < -0.39 is 16.2 Å².